The molecule has 1 aliphatic heterocycles. The number of benzene rings is 1. The van der Waals surface area contributed by atoms with E-state index in [0.717, 1.165) is 27.3 Å². The van der Waals surface area contributed by atoms with Crippen LogP contribution in [0.3, 0.4) is 0 Å². The number of fused-ring (bicyclic) bond motifs is 1. The van der Waals surface area contributed by atoms with E-state index in [1.165, 1.54) is 4.88 Å². The van der Waals surface area contributed by atoms with Gasteiger partial charge in [-0.2, -0.15) is 0 Å². The summed E-state index contributed by atoms with van der Waals surface area (Å²) in [6, 6.07) is 10.1. The summed E-state index contributed by atoms with van der Waals surface area (Å²) in [5.41, 5.74) is 7.34. The summed E-state index contributed by atoms with van der Waals surface area (Å²) < 4.78 is 12.2. The van der Waals surface area contributed by atoms with Gasteiger partial charge in [0.2, 0.25) is 0 Å². The van der Waals surface area contributed by atoms with Gasteiger partial charge in [-0.05, 0) is 45.8 Å². The van der Waals surface area contributed by atoms with Crippen molar-refractivity contribution in [3.63, 3.8) is 0 Å². The first kappa shape index (κ1) is 13.0. The molecule has 1 unspecified atom stereocenters. The van der Waals surface area contributed by atoms with Gasteiger partial charge >= 0.3 is 0 Å². The van der Waals surface area contributed by atoms with E-state index in [1.54, 1.807) is 11.3 Å². The molecule has 1 atom stereocenters. The van der Waals surface area contributed by atoms with E-state index < -0.39 is 0 Å². The molecule has 0 amide bonds. The fourth-order valence-corrected chi connectivity index (χ4v) is 3.63. The smallest absolute Gasteiger partial charge is 0.161 e. The fraction of sp³-hybridized carbons (Fsp3) is 0.286. The van der Waals surface area contributed by atoms with Gasteiger partial charge in [-0.15, -0.1) is 11.3 Å². The van der Waals surface area contributed by atoms with Crippen molar-refractivity contribution >= 4 is 27.3 Å². The largest absolute Gasteiger partial charge is 0.486 e. The second kappa shape index (κ2) is 5.53. The molecular weight excluding hydrogens is 326 g/mol. The van der Waals surface area contributed by atoms with Crippen LogP contribution in [0.5, 0.6) is 11.5 Å². The van der Waals surface area contributed by atoms with Crippen LogP contribution in [0.1, 0.15) is 16.5 Å². The number of halogens is 1. The van der Waals surface area contributed by atoms with Crippen molar-refractivity contribution in [2.45, 2.75) is 12.5 Å². The lowest BCUT2D eigenvalue weighted by Crippen LogP contribution is -2.17. The minimum absolute atomic E-state index is 0.0265. The van der Waals surface area contributed by atoms with Gasteiger partial charge in [0.15, 0.2) is 11.5 Å². The molecule has 1 aromatic heterocycles. The molecule has 3 nitrogen and oxygen atoms in total. The van der Waals surface area contributed by atoms with Crippen LogP contribution < -0.4 is 15.2 Å². The predicted molar refractivity (Wildman–Crippen MR) is 80.1 cm³/mol. The van der Waals surface area contributed by atoms with Gasteiger partial charge in [0, 0.05) is 17.3 Å². The van der Waals surface area contributed by atoms with Crippen LogP contribution in [0.4, 0.5) is 0 Å². The van der Waals surface area contributed by atoms with Crippen LogP contribution in [-0.4, -0.2) is 13.2 Å². The Morgan fingerprint density at radius 2 is 1.95 bits per heavy atom. The van der Waals surface area contributed by atoms with Gasteiger partial charge in [0.05, 0.1) is 3.79 Å². The summed E-state index contributed by atoms with van der Waals surface area (Å²) in [5, 5.41) is 0. The molecule has 1 aliphatic rings. The zero-order valence-corrected chi connectivity index (χ0v) is 12.7. The Kier molecular flexibility index (Phi) is 3.77. The first-order valence-electron chi connectivity index (χ1n) is 6.12. The fourth-order valence-electron chi connectivity index (χ4n) is 2.09. The van der Waals surface area contributed by atoms with Crippen molar-refractivity contribution in [1.29, 1.82) is 0 Å². The van der Waals surface area contributed by atoms with Crippen LogP contribution in [-0.2, 0) is 6.42 Å². The average molecular weight is 340 g/mol. The number of hydrogen-bond donors (Lipinski definition) is 1. The Bertz CT molecular complexity index is 585. The first-order chi connectivity index (χ1) is 9.22. The second-order valence-corrected chi connectivity index (χ2v) is 6.97. The zero-order chi connectivity index (χ0) is 13.2. The lowest BCUT2D eigenvalue weighted by Gasteiger charge is -2.20. The average Bonchev–Trinajstić information content (AvgIpc) is 2.83. The highest BCUT2D eigenvalue weighted by atomic mass is 79.9. The van der Waals surface area contributed by atoms with E-state index in [4.69, 9.17) is 15.2 Å². The Balaban J connectivity index is 1.77. The topological polar surface area (TPSA) is 44.5 Å². The molecule has 0 aliphatic carbocycles. The van der Waals surface area contributed by atoms with Crippen molar-refractivity contribution in [3.05, 3.63) is 44.6 Å². The van der Waals surface area contributed by atoms with Crippen LogP contribution >= 0.6 is 27.3 Å². The van der Waals surface area contributed by atoms with Crippen molar-refractivity contribution in [1.82, 2.24) is 0 Å². The summed E-state index contributed by atoms with van der Waals surface area (Å²) in [5.74, 6) is 1.60. The van der Waals surface area contributed by atoms with Crippen molar-refractivity contribution < 1.29 is 9.47 Å². The second-order valence-electron chi connectivity index (χ2n) is 4.42. The minimum Gasteiger partial charge on any atom is -0.486 e. The van der Waals surface area contributed by atoms with Crippen LogP contribution in [0.15, 0.2) is 34.1 Å². The molecule has 0 saturated carbocycles. The van der Waals surface area contributed by atoms with Crippen LogP contribution in [0.25, 0.3) is 0 Å². The van der Waals surface area contributed by atoms with Crippen LogP contribution in [0, 0.1) is 0 Å². The highest BCUT2D eigenvalue weighted by molar-refractivity contribution is 9.11. The van der Waals surface area contributed by atoms with Gasteiger partial charge in [-0.25, -0.2) is 0 Å². The maximum atomic E-state index is 6.26. The summed E-state index contributed by atoms with van der Waals surface area (Å²) in [7, 11) is 0. The van der Waals surface area contributed by atoms with E-state index >= 15 is 0 Å². The first-order valence-corrected chi connectivity index (χ1v) is 7.72. The molecule has 100 valence electrons. The summed E-state index contributed by atoms with van der Waals surface area (Å²) >= 11 is 5.19. The summed E-state index contributed by atoms with van der Waals surface area (Å²) in [6.07, 6.45) is 0.829. The molecule has 1 aromatic carbocycles. The van der Waals surface area contributed by atoms with E-state index in [9.17, 15) is 0 Å². The number of rotatable bonds is 3. The van der Waals surface area contributed by atoms with E-state index in [2.05, 4.69) is 28.1 Å². The van der Waals surface area contributed by atoms with E-state index in [-0.39, 0.29) is 6.04 Å². The Morgan fingerprint density at radius 1 is 1.16 bits per heavy atom. The maximum absolute atomic E-state index is 6.26. The molecule has 0 saturated heterocycles. The van der Waals surface area contributed by atoms with Gasteiger partial charge < -0.3 is 15.2 Å². The van der Waals surface area contributed by atoms with Crippen molar-refractivity contribution in [2.75, 3.05) is 13.2 Å². The van der Waals surface area contributed by atoms with E-state index in [1.807, 2.05) is 18.2 Å². The predicted octanol–water partition coefficient (Wildman–Crippen LogP) is 3.52. The molecule has 2 N–H and O–H groups in total. The lowest BCUT2D eigenvalue weighted by atomic mass is 10.0. The third-order valence-corrected chi connectivity index (χ3v) is 4.69. The molecular formula is C14H14BrNO2S. The van der Waals surface area contributed by atoms with Crippen molar-refractivity contribution in [2.24, 2.45) is 5.73 Å². The molecule has 2 aromatic rings. The minimum atomic E-state index is -0.0265. The number of thiophene rings is 1. The summed E-state index contributed by atoms with van der Waals surface area (Å²) in [6.45, 7) is 1.21. The van der Waals surface area contributed by atoms with Gasteiger partial charge in [-0.3, -0.25) is 0 Å². The normalized spacial score (nSPS) is 15.3. The molecule has 2 heterocycles. The highest BCUT2D eigenvalue weighted by Gasteiger charge is 2.15. The molecule has 19 heavy (non-hydrogen) atoms. The van der Waals surface area contributed by atoms with Gasteiger partial charge in [0.1, 0.15) is 13.2 Å². The molecule has 0 radical (unpaired) electrons. The molecule has 0 fully saturated rings. The highest BCUT2D eigenvalue weighted by Crippen LogP contribution is 2.33. The third kappa shape index (κ3) is 2.94. The lowest BCUT2D eigenvalue weighted by molar-refractivity contribution is 0.171. The van der Waals surface area contributed by atoms with Crippen molar-refractivity contribution in [3.8, 4) is 11.5 Å². The SMILES string of the molecule is NC(Cc1ccc(Br)s1)c1ccc2c(c1)OCCO2. The third-order valence-electron chi connectivity index (χ3n) is 3.04. The zero-order valence-electron chi connectivity index (χ0n) is 10.3. The van der Waals surface area contributed by atoms with E-state index in [0.29, 0.717) is 13.2 Å². The van der Waals surface area contributed by atoms with Crippen LogP contribution in [0.2, 0.25) is 0 Å². The Labute approximate surface area is 124 Å². The molecule has 5 heteroatoms. The quantitative estimate of drug-likeness (QED) is 0.930. The number of hydrogen-bond acceptors (Lipinski definition) is 4. The van der Waals surface area contributed by atoms with Gasteiger partial charge in [0.25, 0.3) is 0 Å². The number of ether oxygens (including phenoxy) is 2. The molecule has 0 spiro atoms. The summed E-state index contributed by atoms with van der Waals surface area (Å²) in [4.78, 5) is 1.27. The monoisotopic (exact) mass is 339 g/mol. The number of nitrogens with two attached hydrogens (primary N) is 1. The standard InChI is InChI=1S/C14H14BrNO2S/c15-14-4-2-10(19-14)8-11(16)9-1-3-12-13(7-9)18-6-5-17-12/h1-4,7,11H,5-6,8,16H2. The Morgan fingerprint density at radius 3 is 2.68 bits per heavy atom. The molecule has 0 bridgehead atoms. The Hall–Kier alpha value is -1.04. The van der Waals surface area contributed by atoms with Gasteiger partial charge in [-0.1, -0.05) is 6.07 Å². The molecule has 3 rings (SSSR count). The maximum Gasteiger partial charge on any atom is 0.161 e.